The van der Waals surface area contributed by atoms with Crippen LogP contribution in [0.1, 0.15) is 26.7 Å². The van der Waals surface area contributed by atoms with Gasteiger partial charge in [-0.05, 0) is 36.5 Å². The number of hydrogen-bond acceptors (Lipinski definition) is 7. The first-order chi connectivity index (χ1) is 13.9. The quantitative estimate of drug-likeness (QED) is 0.671. The summed E-state index contributed by atoms with van der Waals surface area (Å²) in [6, 6.07) is 7.99. The second-order valence-corrected chi connectivity index (χ2v) is 7.94. The fourth-order valence-corrected chi connectivity index (χ4v) is 3.30. The smallest absolute Gasteiger partial charge is 0.230 e. The molecule has 0 bridgehead atoms. The minimum atomic E-state index is -0.429. The zero-order valence-corrected chi connectivity index (χ0v) is 16.8. The average molecular weight is 397 g/mol. The number of rotatable bonds is 5. The lowest BCUT2D eigenvalue weighted by atomic mass is 9.83. The largest absolute Gasteiger partial charge is 0.497 e. The number of aromatic nitrogens is 3. The number of nitrogens with one attached hydrogen (secondary N) is 1. The minimum Gasteiger partial charge on any atom is -0.497 e. The van der Waals surface area contributed by atoms with Gasteiger partial charge in [0.25, 0.3) is 0 Å². The van der Waals surface area contributed by atoms with Crippen LogP contribution >= 0.6 is 0 Å². The summed E-state index contributed by atoms with van der Waals surface area (Å²) in [5, 5.41) is 7.03. The molecule has 0 atom stereocenters. The lowest BCUT2D eigenvalue weighted by Crippen LogP contribution is -2.38. The number of nitrogens with zero attached hydrogens (tertiary/aromatic N) is 4. The fourth-order valence-electron chi connectivity index (χ4n) is 3.30. The minimum absolute atomic E-state index is 0.335. The van der Waals surface area contributed by atoms with E-state index in [2.05, 4.69) is 39.2 Å². The maximum absolute atomic E-state index is 14.3. The molecule has 1 N–H and O–H groups in total. The van der Waals surface area contributed by atoms with Gasteiger partial charge in [0.1, 0.15) is 23.1 Å². The zero-order chi connectivity index (χ0) is 20.4. The molecule has 1 fully saturated rings. The van der Waals surface area contributed by atoms with Crippen molar-refractivity contribution < 1.29 is 13.7 Å². The highest BCUT2D eigenvalue weighted by Crippen LogP contribution is 2.32. The Bertz CT molecular complexity index is 994. The first-order valence-electron chi connectivity index (χ1n) is 9.59. The molecule has 0 unspecified atom stereocenters. The van der Waals surface area contributed by atoms with Crippen molar-refractivity contribution in [2.45, 2.75) is 26.7 Å². The van der Waals surface area contributed by atoms with Gasteiger partial charge in [0.15, 0.2) is 0 Å². The van der Waals surface area contributed by atoms with E-state index in [0.29, 0.717) is 40.1 Å². The number of halogens is 1. The second-order valence-electron chi connectivity index (χ2n) is 7.94. The van der Waals surface area contributed by atoms with Crippen molar-refractivity contribution in [1.29, 1.82) is 0 Å². The summed E-state index contributed by atoms with van der Waals surface area (Å²) >= 11 is 0. The predicted octanol–water partition coefficient (Wildman–Crippen LogP) is 4.65. The second kappa shape index (κ2) is 7.69. The standard InChI is InChI=1S/C21H24FN5O2/c1-21(2)7-10-27(11-8-21)20-23-9-6-18(25-20)24-19-13-17(26-29-19)15-5-4-14(28-3)12-16(15)22/h4-6,9,12-13H,7-8,10-11H2,1-3H3,(H,23,24,25). The van der Waals surface area contributed by atoms with Gasteiger partial charge in [-0.1, -0.05) is 19.0 Å². The molecule has 29 heavy (non-hydrogen) atoms. The van der Waals surface area contributed by atoms with Crippen molar-refractivity contribution in [3.63, 3.8) is 0 Å². The monoisotopic (exact) mass is 397 g/mol. The molecule has 0 aliphatic carbocycles. The zero-order valence-electron chi connectivity index (χ0n) is 16.8. The molecule has 1 aromatic carbocycles. The van der Waals surface area contributed by atoms with Gasteiger partial charge in [-0.25, -0.2) is 9.37 Å². The van der Waals surface area contributed by atoms with E-state index in [1.807, 2.05) is 0 Å². The van der Waals surface area contributed by atoms with Gasteiger partial charge >= 0.3 is 0 Å². The average Bonchev–Trinajstić information content (AvgIpc) is 3.16. The Labute approximate surface area is 168 Å². The maximum atomic E-state index is 14.3. The number of benzene rings is 1. The molecule has 3 aromatic rings. The lowest BCUT2D eigenvalue weighted by Gasteiger charge is -2.36. The molecule has 3 heterocycles. The molecular formula is C21H24FN5O2. The van der Waals surface area contributed by atoms with Crippen molar-refractivity contribution >= 4 is 17.7 Å². The highest BCUT2D eigenvalue weighted by atomic mass is 19.1. The Morgan fingerprint density at radius 2 is 1.97 bits per heavy atom. The van der Waals surface area contributed by atoms with Gasteiger partial charge in [-0.2, -0.15) is 4.98 Å². The Balaban J connectivity index is 1.48. The Morgan fingerprint density at radius 3 is 2.69 bits per heavy atom. The first kappa shape index (κ1) is 19.2. The molecule has 0 spiro atoms. The van der Waals surface area contributed by atoms with Crippen molar-refractivity contribution in [3.05, 3.63) is 42.3 Å². The van der Waals surface area contributed by atoms with Crippen molar-refractivity contribution in [1.82, 2.24) is 15.1 Å². The number of hydrogen-bond donors (Lipinski definition) is 1. The topological polar surface area (TPSA) is 76.3 Å². The first-order valence-corrected chi connectivity index (χ1v) is 9.59. The van der Waals surface area contributed by atoms with Crippen LogP contribution in [-0.2, 0) is 0 Å². The number of ether oxygens (including phenoxy) is 1. The van der Waals surface area contributed by atoms with Crippen LogP contribution in [0.2, 0.25) is 0 Å². The molecule has 4 rings (SSSR count). The molecule has 1 aliphatic heterocycles. The van der Waals surface area contributed by atoms with Gasteiger partial charge < -0.3 is 19.5 Å². The van der Waals surface area contributed by atoms with Crippen LogP contribution in [0.15, 0.2) is 41.1 Å². The Kier molecular flexibility index (Phi) is 5.08. The third-order valence-corrected chi connectivity index (χ3v) is 5.26. The Hall–Kier alpha value is -3.16. The van der Waals surface area contributed by atoms with Crippen LogP contribution < -0.4 is 15.0 Å². The molecule has 0 radical (unpaired) electrons. The van der Waals surface area contributed by atoms with E-state index in [9.17, 15) is 4.39 Å². The van der Waals surface area contributed by atoms with Gasteiger partial charge in [-0.3, -0.25) is 0 Å². The molecule has 0 saturated carbocycles. The van der Waals surface area contributed by atoms with Crippen LogP contribution in [0.3, 0.4) is 0 Å². The normalized spacial score (nSPS) is 15.9. The molecule has 7 nitrogen and oxygen atoms in total. The highest BCUT2D eigenvalue weighted by Gasteiger charge is 2.26. The van der Waals surface area contributed by atoms with Crippen molar-refractivity contribution in [3.8, 4) is 17.0 Å². The molecule has 1 saturated heterocycles. The third kappa shape index (κ3) is 4.31. The summed E-state index contributed by atoms with van der Waals surface area (Å²) in [6.45, 7) is 6.44. The lowest BCUT2D eigenvalue weighted by molar-refractivity contribution is 0.278. The van der Waals surface area contributed by atoms with Crippen LogP contribution in [0.4, 0.5) is 22.0 Å². The SMILES string of the molecule is COc1ccc(-c2cc(Nc3ccnc(N4CCC(C)(C)CC4)n3)on2)c(F)c1. The van der Waals surface area contributed by atoms with E-state index >= 15 is 0 Å². The summed E-state index contributed by atoms with van der Waals surface area (Å²) < 4.78 is 24.6. The fraction of sp³-hybridized carbons (Fsp3) is 0.381. The van der Waals surface area contributed by atoms with Crippen LogP contribution in [0.5, 0.6) is 5.75 Å². The van der Waals surface area contributed by atoms with Crippen molar-refractivity contribution in [2.24, 2.45) is 5.41 Å². The van der Waals surface area contributed by atoms with E-state index in [4.69, 9.17) is 9.26 Å². The van der Waals surface area contributed by atoms with E-state index in [1.54, 1.807) is 30.5 Å². The van der Waals surface area contributed by atoms with Gasteiger partial charge in [0, 0.05) is 37.0 Å². The number of methoxy groups -OCH3 is 1. The maximum Gasteiger partial charge on any atom is 0.230 e. The van der Waals surface area contributed by atoms with Crippen LogP contribution in [0.25, 0.3) is 11.3 Å². The number of piperidine rings is 1. The third-order valence-electron chi connectivity index (χ3n) is 5.26. The molecule has 152 valence electrons. The summed E-state index contributed by atoms with van der Waals surface area (Å²) in [6.07, 6.45) is 3.92. The molecule has 0 amide bonds. The summed E-state index contributed by atoms with van der Waals surface area (Å²) in [5.74, 6) is 1.67. The van der Waals surface area contributed by atoms with Gasteiger partial charge in [0.2, 0.25) is 11.8 Å². The van der Waals surface area contributed by atoms with Crippen LogP contribution in [0, 0.1) is 11.2 Å². The number of anilines is 3. The van der Waals surface area contributed by atoms with Gasteiger partial charge in [0.05, 0.1) is 7.11 Å². The molecule has 2 aromatic heterocycles. The summed E-state index contributed by atoms with van der Waals surface area (Å²) in [4.78, 5) is 11.2. The molecular weight excluding hydrogens is 373 g/mol. The van der Waals surface area contributed by atoms with Gasteiger partial charge in [-0.15, -0.1) is 0 Å². The Morgan fingerprint density at radius 1 is 1.17 bits per heavy atom. The van der Waals surface area contributed by atoms with E-state index < -0.39 is 5.82 Å². The summed E-state index contributed by atoms with van der Waals surface area (Å²) in [7, 11) is 1.49. The van der Waals surface area contributed by atoms with E-state index in [0.717, 1.165) is 25.9 Å². The van der Waals surface area contributed by atoms with Crippen LogP contribution in [-0.4, -0.2) is 35.3 Å². The molecule has 8 heteroatoms. The highest BCUT2D eigenvalue weighted by molar-refractivity contribution is 5.65. The van der Waals surface area contributed by atoms with E-state index in [1.165, 1.54) is 13.2 Å². The molecule has 1 aliphatic rings. The summed E-state index contributed by atoms with van der Waals surface area (Å²) in [5.41, 5.74) is 1.08. The predicted molar refractivity (Wildman–Crippen MR) is 109 cm³/mol. The van der Waals surface area contributed by atoms with E-state index in [-0.39, 0.29) is 0 Å². The van der Waals surface area contributed by atoms with Crippen molar-refractivity contribution in [2.75, 3.05) is 30.4 Å².